The maximum Gasteiger partial charge on any atom is 0.233 e. The fraction of sp³-hybridized carbons (Fsp3) is 0.889. The first-order chi connectivity index (χ1) is 6.27. The van der Waals surface area contributed by atoms with Gasteiger partial charge in [0.15, 0.2) is 0 Å². The molecule has 0 radical (unpaired) electrons. The highest BCUT2D eigenvalue weighted by molar-refractivity contribution is 5.77. The lowest BCUT2D eigenvalue weighted by molar-refractivity contribution is -0.122. The van der Waals surface area contributed by atoms with E-state index in [1.54, 1.807) is 7.05 Å². The second-order valence-corrected chi connectivity index (χ2v) is 3.45. The molecule has 1 amide bonds. The largest absolute Gasteiger partial charge is 0.395 e. The molecule has 4 heteroatoms. The highest BCUT2D eigenvalue weighted by Crippen LogP contribution is 2.23. The van der Waals surface area contributed by atoms with Gasteiger partial charge in [-0.3, -0.25) is 9.69 Å². The van der Waals surface area contributed by atoms with Crippen molar-refractivity contribution in [1.82, 2.24) is 10.2 Å². The van der Waals surface area contributed by atoms with E-state index in [4.69, 9.17) is 5.11 Å². The molecule has 0 atom stereocenters. The van der Waals surface area contributed by atoms with Crippen LogP contribution in [-0.2, 0) is 4.79 Å². The number of likely N-dealkylation sites (N-methyl/N-ethyl adjacent to an activating group) is 1. The van der Waals surface area contributed by atoms with Gasteiger partial charge in [-0.15, -0.1) is 0 Å². The summed E-state index contributed by atoms with van der Waals surface area (Å²) in [6, 6.07) is 0.518. The highest BCUT2D eigenvalue weighted by Gasteiger charge is 2.25. The number of aliphatic hydroxyl groups is 1. The summed E-state index contributed by atoms with van der Waals surface area (Å²) in [5, 5.41) is 11.4. The number of nitrogens with zero attached hydrogens (tertiary/aromatic N) is 1. The van der Waals surface area contributed by atoms with E-state index in [-0.39, 0.29) is 12.5 Å². The number of hydrogen-bond acceptors (Lipinski definition) is 3. The van der Waals surface area contributed by atoms with E-state index >= 15 is 0 Å². The highest BCUT2D eigenvalue weighted by atomic mass is 16.3. The van der Waals surface area contributed by atoms with Gasteiger partial charge in [-0.25, -0.2) is 0 Å². The monoisotopic (exact) mass is 186 g/mol. The molecule has 0 aromatic heterocycles. The average molecular weight is 186 g/mol. The van der Waals surface area contributed by atoms with E-state index in [1.165, 1.54) is 6.42 Å². The molecule has 0 spiro atoms. The molecule has 1 aliphatic rings. The van der Waals surface area contributed by atoms with Gasteiger partial charge in [0.2, 0.25) is 5.91 Å². The number of amides is 1. The zero-order chi connectivity index (χ0) is 9.68. The van der Waals surface area contributed by atoms with E-state index in [2.05, 4.69) is 10.2 Å². The summed E-state index contributed by atoms with van der Waals surface area (Å²) in [6.45, 7) is 1.16. The number of carbonyl (C=O) groups excluding carboxylic acids is 1. The molecule has 0 aliphatic heterocycles. The third-order valence-corrected chi connectivity index (χ3v) is 2.60. The maximum atomic E-state index is 11.1. The number of nitrogens with one attached hydrogen (secondary N) is 1. The van der Waals surface area contributed by atoms with E-state index in [9.17, 15) is 4.79 Å². The number of hydrogen-bond donors (Lipinski definition) is 2. The van der Waals surface area contributed by atoms with Gasteiger partial charge in [-0.2, -0.15) is 0 Å². The summed E-state index contributed by atoms with van der Waals surface area (Å²) >= 11 is 0. The van der Waals surface area contributed by atoms with Gasteiger partial charge in [-0.05, 0) is 12.8 Å². The Bertz CT molecular complexity index is 169. The van der Waals surface area contributed by atoms with Crippen molar-refractivity contribution in [1.29, 1.82) is 0 Å². The number of carbonyl (C=O) groups is 1. The summed E-state index contributed by atoms with van der Waals surface area (Å²) < 4.78 is 0. The van der Waals surface area contributed by atoms with Gasteiger partial charge in [0.1, 0.15) is 0 Å². The standard InChI is InChI=1S/C9H18N2O2/c1-10-9(13)7-11(5-6-12)8-3-2-4-8/h8,12H,2-7H2,1H3,(H,10,13). The first-order valence-corrected chi connectivity index (χ1v) is 4.83. The van der Waals surface area contributed by atoms with Crippen molar-refractivity contribution in [2.45, 2.75) is 25.3 Å². The van der Waals surface area contributed by atoms with Gasteiger partial charge in [0.05, 0.1) is 13.2 Å². The SMILES string of the molecule is CNC(=O)CN(CCO)C1CCC1. The van der Waals surface area contributed by atoms with Crippen molar-refractivity contribution >= 4 is 5.91 Å². The van der Waals surface area contributed by atoms with Gasteiger partial charge >= 0.3 is 0 Å². The molecule has 0 saturated heterocycles. The Labute approximate surface area is 78.9 Å². The molecule has 0 heterocycles. The van der Waals surface area contributed by atoms with Crippen molar-refractivity contribution < 1.29 is 9.90 Å². The normalized spacial score (nSPS) is 17.2. The molecular formula is C9H18N2O2. The van der Waals surface area contributed by atoms with E-state index in [0.717, 1.165) is 12.8 Å². The second-order valence-electron chi connectivity index (χ2n) is 3.45. The lowest BCUT2D eigenvalue weighted by Gasteiger charge is -2.36. The Morgan fingerprint density at radius 1 is 1.62 bits per heavy atom. The van der Waals surface area contributed by atoms with Gasteiger partial charge < -0.3 is 10.4 Å². The van der Waals surface area contributed by atoms with E-state index in [1.807, 2.05) is 0 Å². The molecule has 0 unspecified atom stereocenters. The molecule has 1 saturated carbocycles. The summed E-state index contributed by atoms with van der Waals surface area (Å²) in [7, 11) is 1.64. The molecule has 13 heavy (non-hydrogen) atoms. The van der Waals surface area contributed by atoms with Crippen molar-refractivity contribution in [3.63, 3.8) is 0 Å². The van der Waals surface area contributed by atoms with Crippen LogP contribution in [0.3, 0.4) is 0 Å². The average Bonchev–Trinajstić information content (AvgIpc) is 2.01. The predicted octanol–water partition coefficient (Wildman–Crippen LogP) is -0.421. The smallest absolute Gasteiger partial charge is 0.233 e. The van der Waals surface area contributed by atoms with Crippen LogP contribution in [0, 0.1) is 0 Å². The topological polar surface area (TPSA) is 52.6 Å². The Morgan fingerprint density at radius 3 is 2.69 bits per heavy atom. The summed E-state index contributed by atoms with van der Waals surface area (Å²) in [4.78, 5) is 13.2. The molecule has 1 rings (SSSR count). The molecule has 76 valence electrons. The predicted molar refractivity (Wildman–Crippen MR) is 50.4 cm³/mol. The van der Waals surface area contributed by atoms with Crippen LogP contribution in [0.4, 0.5) is 0 Å². The lowest BCUT2D eigenvalue weighted by Crippen LogP contribution is -2.46. The minimum absolute atomic E-state index is 0.0281. The van der Waals surface area contributed by atoms with Crippen molar-refractivity contribution in [2.24, 2.45) is 0 Å². The number of rotatable bonds is 5. The first-order valence-electron chi connectivity index (χ1n) is 4.83. The van der Waals surface area contributed by atoms with Crippen LogP contribution in [0.5, 0.6) is 0 Å². The second kappa shape index (κ2) is 5.19. The van der Waals surface area contributed by atoms with Crippen LogP contribution in [0.15, 0.2) is 0 Å². The Hall–Kier alpha value is -0.610. The zero-order valence-corrected chi connectivity index (χ0v) is 8.12. The maximum absolute atomic E-state index is 11.1. The van der Waals surface area contributed by atoms with Crippen LogP contribution in [0.1, 0.15) is 19.3 Å². The Morgan fingerprint density at radius 2 is 2.31 bits per heavy atom. The van der Waals surface area contributed by atoms with Gasteiger partial charge in [0.25, 0.3) is 0 Å². The van der Waals surface area contributed by atoms with Crippen molar-refractivity contribution in [3.05, 3.63) is 0 Å². The Kier molecular flexibility index (Phi) is 4.18. The van der Waals surface area contributed by atoms with Crippen LogP contribution in [0.2, 0.25) is 0 Å². The molecule has 1 aliphatic carbocycles. The quantitative estimate of drug-likeness (QED) is 0.613. The third-order valence-electron chi connectivity index (χ3n) is 2.60. The summed E-state index contributed by atoms with van der Waals surface area (Å²) in [6.07, 6.45) is 3.58. The molecule has 4 nitrogen and oxygen atoms in total. The molecule has 0 aromatic carbocycles. The van der Waals surface area contributed by atoms with E-state index < -0.39 is 0 Å². The van der Waals surface area contributed by atoms with Crippen molar-refractivity contribution in [2.75, 3.05) is 26.7 Å². The first kappa shape index (κ1) is 10.5. The van der Waals surface area contributed by atoms with E-state index in [0.29, 0.717) is 19.1 Å². The van der Waals surface area contributed by atoms with Gasteiger partial charge in [-0.1, -0.05) is 6.42 Å². The van der Waals surface area contributed by atoms with Gasteiger partial charge in [0, 0.05) is 19.6 Å². The fourth-order valence-corrected chi connectivity index (χ4v) is 1.53. The zero-order valence-electron chi connectivity index (χ0n) is 8.12. The summed E-state index contributed by atoms with van der Waals surface area (Å²) in [5.74, 6) is 0.0281. The molecule has 1 fully saturated rings. The molecule has 0 bridgehead atoms. The minimum atomic E-state index is 0.0281. The molecule has 2 N–H and O–H groups in total. The lowest BCUT2D eigenvalue weighted by atomic mass is 9.91. The molecule has 0 aromatic rings. The minimum Gasteiger partial charge on any atom is -0.395 e. The van der Waals surface area contributed by atoms with Crippen molar-refractivity contribution in [3.8, 4) is 0 Å². The third kappa shape index (κ3) is 2.97. The summed E-state index contributed by atoms with van der Waals surface area (Å²) in [5.41, 5.74) is 0. The van der Waals surface area contributed by atoms with Crippen LogP contribution in [-0.4, -0.2) is 48.7 Å². The number of aliphatic hydroxyl groups excluding tert-OH is 1. The van der Waals surface area contributed by atoms with Crippen LogP contribution >= 0.6 is 0 Å². The van der Waals surface area contributed by atoms with Crippen LogP contribution in [0.25, 0.3) is 0 Å². The molecular weight excluding hydrogens is 168 g/mol. The fourth-order valence-electron chi connectivity index (χ4n) is 1.53. The Balaban J connectivity index is 2.32. The van der Waals surface area contributed by atoms with Crippen LogP contribution < -0.4 is 5.32 Å².